The normalized spacial score (nSPS) is 12.8. The predicted molar refractivity (Wildman–Crippen MR) is 85.5 cm³/mol. The van der Waals surface area contributed by atoms with Gasteiger partial charge < -0.3 is 9.73 Å². The third-order valence-electron chi connectivity index (χ3n) is 3.74. The van der Waals surface area contributed by atoms with Gasteiger partial charge in [-0.2, -0.15) is 0 Å². The van der Waals surface area contributed by atoms with Crippen molar-refractivity contribution in [3.63, 3.8) is 0 Å². The van der Waals surface area contributed by atoms with Crippen molar-refractivity contribution in [1.29, 1.82) is 0 Å². The second kappa shape index (κ2) is 6.25. The molecule has 0 fully saturated rings. The highest BCUT2D eigenvalue weighted by Crippen LogP contribution is 2.30. The van der Waals surface area contributed by atoms with Crippen LogP contribution in [0, 0.1) is 0 Å². The zero-order valence-electron chi connectivity index (χ0n) is 11.6. The Bertz CT molecular complexity index is 657. The molecule has 3 heteroatoms. The zero-order valence-corrected chi connectivity index (χ0v) is 12.5. The summed E-state index contributed by atoms with van der Waals surface area (Å²) in [6.07, 6.45) is 4.01. The van der Waals surface area contributed by atoms with Crippen molar-refractivity contribution in [3.8, 4) is 0 Å². The van der Waals surface area contributed by atoms with E-state index in [0.717, 1.165) is 25.0 Å². The molecule has 1 N–H and O–H groups in total. The molecule has 0 saturated heterocycles. The fourth-order valence-electron chi connectivity index (χ4n) is 2.69. The molecular formula is C17H19NOS. The van der Waals surface area contributed by atoms with Crippen LogP contribution in [0.4, 0.5) is 0 Å². The van der Waals surface area contributed by atoms with E-state index in [1.807, 2.05) is 24.5 Å². The maximum atomic E-state index is 5.50. The molecule has 1 aromatic carbocycles. The summed E-state index contributed by atoms with van der Waals surface area (Å²) in [5.74, 6) is 0.572. The van der Waals surface area contributed by atoms with Crippen molar-refractivity contribution in [3.05, 3.63) is 58.5 Å². The first kappa shape index (κ1) is 13.4. The highest BCUT2D eigenvalue weighted by atomic mass is 32.1. The van der Waals surface area contributed by atoms with Gasteiger partial charge in [0.05, 0.1) is 6.26 Å². The smallest absolute Gasteiger partial charge is 0.134 e. The van der Waals surface area contributed by atoms with Crippen LogP contribution in [0.25, 0.3) is 11.0 Å². The monoisotopic (exact) mass is 285 g/mol. The average Bonchev–Trinajstić information content (AvgIpc) is 3.14. The molecule has 2 heterocycles. The second-order valence-electron chi connectivity index (χ2n) is 5.06. The van der Waals surface area contributed by atoms with Gasteiger partial charge in [-0.1, -0.05) is 18.2 Å². The fourth-order valence-corrected chi connectivity index (χ4v) is 3.55. The largest absolute Gasteiger partial charge is 0.464 e. The Morgan fingerprint density at radius 1 is 1.20 bits per heavy atom. The maximum absolute atomic E-state index is 5.50. The van der Waals surface area contributed by atoms with Crippen molar-refractivity contribution in [2.75, 3.05) is 13.6 Å². The molecule has 0 saturated carbocycles. The Kier molecular flexibility index (Phi) is 4.19. The summed E-state index contributed by atoms with van der Waals surface area (Å²) in [5.41, 5.74) is 2.37. The summed E-state index contributed by atoms with van der Waals surface area (Å²) in [5, 5.41) is 6.68. The van der Waals surface area contributed by atoms with Gasteiger partial charge in [0, 0.05) is 10.3 Å². The van der Waals surface area contributed by atoms with E-state index < -0.39 is 0 Å². The van der Waals surface area contributed by atoms with E-state index in [1.165, 1.54) is 15.8 Å². The molecule has 0 aliphatic heterocycles. The quantitative estimate of drug-likeness (QED) is 0.725. The minimum absolute atomic E-state index is 0.572. The maximum Gasteiger partial charge on any atom is 0.134 e. The number of hydrogen-bond acceptors (Lipinski definition) is 3. The van der Waals surface area contributed by atoms with Gasteiger partial charge in [0.2, 0.25) is 0 Å². The lowest BCUT2D eigenvalue weighted by Gasteiger charge is -2.16. The summed E-state index contributed by atoms with van der Waals surface area (Å²) >= 11 is 1.86. The van der Waals surface area contributed by atoms with Crippen molar-refractivity contribution < 1.29 is 4.42 Å². The number of furan rings is 1. The molecule has 1 unspecified atom stereocenters. The highest BCUT2D eigenvalue weighted by Gasteiger charge is 2.15. The average molecular weight is 285 g/mol. The van der Waals surface area contributed by atoms with Crippen LogP contribution < -0.4 is 5.32 Å². The van der Waals surface area contributed by atoms with Crippen LogP contribution in [0.3, 0.4) is 0 Å². The molecule has 0 radical (unpaired) electrons. The molecule has 2 aromatic heterocycles. The van der Waals surface area contributed by atoms with E-state index >= 15 is 0 Å². The van der Waals surface area contributed by atoms with Gasteiger partial charge in [0.1, 0.15) is 5.58 Å². The lowest BCUT2D eigenvalue weighted by atomic mass is 9.93. The fraction of sp³-hybridized carbons (Fsp3) is 0.294. The first-order valence-electron chi connectivity index (χ1n) is 7.01. The van der Waals surface area contributed by atoms with Gasteiger partial charge >= 0.3 is 0 Å². The molecular weight excluding hydrogens is 266 g/mol. The Hall–Kier alpha value is -1.58. The molecule has 0 bridgehead atoms. The van der Waals surface area contributed by atoms with Crippen LogP contribution in [-0.4, -0.2) is 13.6 Å². The van der Waals surface area contributed by atoms with Crippen molar-refractivity contribution >= 4 is 22.3 Å². The summed E-state index contributed by atoms with van der Waals surface area (Å²) in [6.45, 7) is 1.05. The van der Waals surface area contributed by atoms with E-state index in [4.69, 9.17) is 4.42 Å². The summed E-state index contributed by atoms with van der Waals surface area (Å²) in [7, 11) is 2.02. The van der Waals surface area contributed by atoms with E-state index in [2.05, 4.69) is 41.0 Å². The van der Waals surface area contributed by atoms with Crippen LogP contribution in [0.5, 0.6) is 0 Å². The van der Waals surface area contributed by atoms with Gasteiger partial charge in [-0.05, 0) is 61.5 Å². The first-order chi connectivity index (χ1) is 9.88. The highest BCUT2D eigenvalue weighted by molar-refractivity contribution is 7.10. The first-order valence-corrected chi connectivity index (χ1v) is 7.89. The predicted octanol–water partition coefficient (Wildman–Crippen LogP) is 4.43. The minimum atomic E-state index is 0.572. The van der Waals surface area contributed by atoms with E-state index in [9.17, 15) is 0 Å². The van der Waals surface area contributed by atoms with Crippen LogP contribution in [-0.2, 0) is 6.42 Å². The van der Waals surface area contributed by atoms with Crippen LogP contribution in [0.15, 0.2) is 52.5 Å². The van der Waals surface area contributed by atoms with Gasteiger partial charge in [-0.3, -0.25) is 0 Å². The number of nitrogens with one attached hydrogen (secondary N) is 1. The van der Waals surface area contributed by atoms with Crippen LogP contribution in [0.1, 0.15) is 22.8 Å². The lowest BCUT2D eigenvalue weighted by molar-refractivity contribution is 0.601. The third kappa shape index (κ3) is 2.79. The van der Waals surface area contributed by atoms with Gasteiger partial charge in [0.25, 0.3) is 0 Å². The molecule has 2 nitrogen and oxygen atoms in total. The number of hydrogen-bond donors (Lipinski definition) is 1. The topological polar surface area (TPSA) is 25.2 Å². The lowest BCUT2D eigenvalue weighted by Crippen LogP contribution is -2.13. The number of rotatable bonds is 6. The zero-order chi connectivity index (χ0) is 13.8. The van der Waals surface area contributed by atoms with Gasteiger partial charge in [-0.25, -0.2) is 0 Å². The van der Waals surface area contributed by atoms with E-state index in [0.29, 0.717) is 5.92 Å². The summed E-state index contributed by atoms with van der Waals surface area (Å²) in [4.78, 5) is 1.47. The standard InChI is InChI=1S/C17H19NOS/c1-18-9-7-14(17-6-3-11-20-17)12-13-4-2-5-16-15(13)8-10-19-16/h2-6,8,10-11,14,18H,7,9,12H2,1H3. The molecule has 0 aliphatic rings. The number of fused-ring (bicyclic) bond motifs is 1. The number of thiophene rings is 1. The molecule has 3 aromatic rings. The Balaban J connectivity index is 1.87. The van der Waals surface area contributed by atoms with E-state index in [1.54, 1.807) is 6.26 Å². The van der Waals surface area contributed by atoms with Crippen molar-refractivity contribution in [1.82, 2.24) is 5.32 Å². The molecule has 0 spiro atoms. The van der Waals surface area contributed by atoms with E-state index in [-0.39, 0.29) is 0 Å². The Morgan fingerprint density at radius 3 is 2.95 bits per heavy atom. The van der Waals surface area contributed by atoms with Crippen molar-refractivity contribution in [2.24, 2.45) is 0 Å². The molecule has 0 aliphatic carbocycles. The molecule has 104 valence electrons. The molecule has 20 heavy (non-hydrogen) atoms. The molecule has 3 rings (SSSR count). The second-order valence-corrected chi connectivity index (χ2v) is 6.04. The van der Waals surface area contributed by atoms with Gasteiger partial charge in [0.15, 0.2) is 0 Å². The molecule has 0 amide bonds. The summed E-state index contributed by atoms with van der Waals surface area (Å²) in [6, 6.07) is 12.8. The Morgan fingerprint density at radius 2 is 2.15 bits per heavy atom. The molecule has 1 atom stereocenters. The Labute approximate surface area is 123 Å². The number of benzene rings is 1. The van der Waals surface area contributed by atoms with Gasteiger partial charge in [-0.15, -0.1) is 11.3 Å². The van der Waals surface area contributed by atoms with Crippen LogP contribution in [0.2, 0.25) is 0 Å². The minimum Gasteiger partial charge on any atom is -0.464 e. The van der Waals surface area contributed by atoms with Crippen LogP contribution >= 0.6 is 11.3 Å². The third-order valence-corrected chi connectivity index (χ3v) is 4.78. The van der Waals surface area contributed by atoms with Crippen molar-refractivity contribution in [2.45, 2.75) is 18.8 Å². The SMILES string of the molecule is CNCCC(Cc1cccc2occc12)c1cccs1. The summed E-state index contributed by atoms with van der Waals surface area (Å²) < 4.78 is 5.50.